The highest BCUT2D eigenvalue weighted by Gasteiger charge is 2.06. The lowest BCUT2D eigenvalue weighted by Crippen LogP contribution is -2.14. The van der Waals surface area contributed by atoms with Crippen molar-refractivity contribution in [2.24, 2.45) is 0 Å². The summed E-state index contributed by atoms with van der Waals surface area (Å²) in [4.78, 5) is 15.4. The van der Waals surface area contributed by atoms with Gasteiger partial charge in [0.1, 0.15) is 17.4 Å². The molecule has 0 amide bonds. The van der Waals surface area contributed by atoms with Crippen LogP contribution in [0.1, 0.15) is 5.01 Å². The molecule has 0 unspecified atom stereocenters. The predicted molar refractivity (Wildman–Crippen MR) is 68.3 cm³/mol. The number of thiazole rings is 1. The minimum absolute atomic E-state index is 0.144. The number of rotatable bonds is 5. The molecule has 0 radical (unpaired) electrons. The van der Waals surface area contributed by atoms with E-state index >= 15 is 0 Å². The zero-order chi connectivity index (χ0) is 12.8. The van der Waals surface area contributed by atoms with Gasteiger partial charge in [-0.2, -0.15) is 0 Å². The molecule has 1 heterocycles. The van der Waals surface area contributed by atoms with Gasteiger partial charge in [-0.15, -0.1) is 11.3 Å². The molecule has 6 heteroatoms. The summed E-state index contributed by atoms with van der Waals surface area (Å²) in [5.74, 6) is 0.105. The molecule has 2 N–H and O–H groups in total. The van der Waals surface area contributed by atoms with Gasteiger partial charge in [0.25, 0.3) is 0 Å². The summed E-state index contributed by atoms with van der Waals surface area (Å²) < 4.78 is 10.2. The molecule has 0 saturated heterocycles. The van der Waals surface area contributed by atoms with Gasteiger partial charge in [0.15, 0.2) is 6.61 Å². The molecule has 1 aromatic carbocycles. The van der Waals surface area contributed by atoms with Gasteiger partial charge in [-0.1, -0.05) is 6.07 Å². The van der Waals surface area contributed by atoms with Crippen molar-refractivity contribution >= 4 is 23.0 Å². The van der Waals surface area contributed by atoms with E-state index < -0.39 is 5.97 Å². The molecule has 0 saturated carbocycles. The highest BCUT2D eigenvalue weighted by molar-refractivity contribution is 7.09. The maximum Gasteiger partial charge on any atom is 0.344 e. The zero-order valence-electron chi connectivity index (χ0n) is 9.54. The number of hydrogen-bond acceptors (Lipinski definition) is 6. The maximum atomic E-state index is 11.4. The standard InChI is InChI=1S/C12H12N2O3S/c13-9-2-1-3-10(6-9)16-8-12(15)17-7-11-14-4-5-18-11/h1-6H,7-8,13H2. The highest BCUT2D eigenvalue weighted by atomic mass is 32.1. The van der Waals surface area contributed by atoms with E-state index in [2.05, 4.69) is 4.98 Å². The molecule has 2 aromatic rings. The van der Waals surface area contributed by atoms with Crippen LogP contribution in [0.15, 0.2) is 35.8 Å². The highest BCUT2D eigenvalue weighted by Crippen LogP contribution is 2.14. The van der Waals surface area contributed by atoms with Gasteiger partial charge in [-0.25, -0.2) is 9.78 Å². The third kappa shape index (κ3) is 3.74. The molecule has 0 spiro atoms. The molecule has 18 heavy (non-hydrogen) atoms. The summed E-state index contributed by atoms with van der Waals surface area (Å²) in [6, 6.07) is 6.87. The van der Waals surface area contributed by atoms with Crippen LogP contribution in [0.3, 0.4) is 0 Å². The predicted octanol–water partition coefficient (Wildman–Crippen LogP) is 1.85. The van der Waals surface area contributed by atoms with E-state index in [0.717, 1.165) is 5.01 Å². The Morgan fingerprint density at radius 1 is 1.44 bits per heavy atom. The molecule has 0 bridgehead atoms. The van der Waals surface area contributed by atoms with Gasteiger partial charge in [0.05, 0.1) is 0 Å². The van der Waals surface area contributed by atoms with Gasteiger partial charge in [0.2, 0.25) is 0 Å². The van der Waals surface area contributed by atoms with Crippen molar-refractivity contribution in [1.29, 1.82) is 0 Å². The van der Waals surface area contributed by atoms with Crippen LogP contribution in [0.25, 0.3) is 0 Å². The van der Waals surface area contributed by atoms with E-state index in [-0.39, 0.29) is 13.2 Å². The smallest absolute Gasteiger partial charge is 0.344 e. The van der Waals surface area contributed by atoms with Gasteiger partial charge < -0.3 is 15.2 Å². The van der Waals surface area contributed by atoms with E-state index in [1.54, 1.807) is 30.5 Å². The van der Waals surface area contributed by atoms with Gasteiger partial charge in [-0.05, 0) is 12.1 Å². The first-order chi connectivity index (χ1) is 8.74. The lowest BCUT2D eigenvalue weighted by atomic mass is 10.3. The summed E-state index contributed by atoms with van der Waals surface area (Å²) in [6.45, 7) is 0.0334. The number of nitrogens with zero attached hydrogens (tertiary/aromatic N) is 1. The van der Waals surface area contributed by atoms with Crippen LogP contribution in [0.2, 0.25) is 0 Å². The number of nitrogen functional groups attached to an aromatic ring is 1. The second kappa shape index (κ2) is 6.02. The fourth-order valence-corrected chi connectivity index (χ4v) is 1.78. The number of carbonyl (C=O) groups excluding carboxylic acids is 1. The van der Waals surface area contributed by atoms with Crippen LogP contribution >= 0.6 is 11.3 Å². The van der Waals surface area contributed by atoms with Crippen molar-refractivity contribution in [3.63, 3.8) is 0 Å². The summed E-state index contributed by atoms with van der Waals surface area (Å²) >= 11 is 1.44. The topological polar surface area (TPSA) is 74.4 Å². The average Bonchev–Trinajstić information content (AvgIpc) is 2.87. The van der Waals surface area contributed by atoms with Crippen LogP contribution in [0.5, 0.6) is 5.75 Å². The number of hydrogen-bond donors (Lipinski definition) is 1. The minimum Gasteiger partial charge on any atom is -0.482 e. The number of anilines is 1. The monoisotopic (exact) mass is 264 g/mol. The summed E-state index contributed by atoms with van der Waals surface area (Å²) in [7, 11) is 0. The first kappa shape index (κ1) is 12.4. The molecule has 94 valence electrons. The first-order valence-corrected chi connectivity index (χ1v) is 6.14. The van der Waals surface area contributed by atoms with Crippen molar-refractivity contribution in [2.75, 3.05) is 12.3 Å². The van der Waals surface area contributed by atoms with Crippen molar-refractivity contribution in [3.8, 4) is 5.75 Å². The SMILES string of the molecule is Nc1cccc(OCC(=O)OCc2nccs2)c1. The Hall–Kier alpha value is -2.08. The van der Waals surface area contributed by atoms with Crippen LogP contribution in [0.4, 0.5) is 5.69 Å². The molecule has 5 nitrogen and oxygen atoms in total. The Bertz CT molecular complexity index is 514. The third-order valence-electron chi connectivity index (χ3n) is 2.05. The van der Waals surface area contributed by atoms with Crippen molar-refractivity contribution < 1.29 is 14.3 Å². The average molecular weight is 264 g/mol. The van der Waals surface area contributed by atoms with Gasteiger partial charge in [-0.3, -0.25) is 0 Å². The zero-order valence-corrected chi connectivity index (χ0v) is 10.4. The molecule has 0 aliphatic carbocycles. The Kier molecular flexibility index (Phi) is 4.14. The number of nitrogens with two attached hydrogens (primary N) is 1. The van der Waals surface area contributed by atoms with Crippen molar-refractivity contribution in [2.45, 2.75) is 6.61 Å². The summed E-state index contributed by atoms with van der Waals surface area (Å²) in [6.07, 6.45) is 1.66. The van der Waals surface area contributed by atoms with Crippen molar-refractivity contribution in [3.05, 3.63) is 40.8 Å². The fourth-order valence-electron chi connectivity index (χ4n) is 1.25. The van der Waals surface area contributed by atoms with Crippen LogP contribution in [-0.4, -0.2) is 17.6 Å². The Balaban J connectivity index is 1.75. The molecule has 2 rings (SSSR count). The molecular weight excluding hydrogens is 252 g/mol. The lowest BCUT2D eigenvalue weighted by molar-refractivity contribution is -0.147. The maximum absolute atomic E-state index is 11.4. The molecule has 0 atom stereocenters. The minimum atomic E-state index is -0.437. The molecule has 1 aromatic heterocycles. The molecule has 0 aliphatic heterocycles. The second-order valence-electron chi connectivity index (χ2n) is 3.45. The molecule has 0 fully saturated rings. The van der Waals surface area contributed by atoms with Crippen LogP contribution < -0.4 is 10.5 Å². The first-order valence-electron chi connectivity index (χ1n) is 5.26. The Morgan fingerprint density at radius 2 is 2.33 bits per heavy atom. The number of carbonyl (C=O) groups is 1. The Labute approximate surface area is 108 Å². The van der Waals surface area contributed by atoms with Gasteiger partial charge >= 0.3 is 5.97 Å². The van der Waals surface area contributed by atoms with Crippen molar-refractivity contribution in [1.82, 2.24) is 4.98 Å². The summed E-state index contributed by atoms with van der Waals surface area (Å²) in [5.41, 5.74) is 6.17. The normalized spacial score (nSPS) is 10.0. The number of aromatic nitrogens is 1. The summed E-state index contributed by atoms with van der Waals surface area (Å²) in [5, 5.41) is 2.58. The number of ether oxygens (including phenoxy) is 2. The van der Waals surface area contributed by atoms with E-state index in [4.69, 9.17) is 15.2 Å². The van der Waals surface area contributed by atoms with Crippen LogP contribution in [-0.2, 0) is 16.1 Å². The van der Waals surface area contributed by atoms with E-state index in [1.807, 2.05) is 5.38 Å². The van der Waals surface area contributed by atoms with E-state index in [1.165, 1.54) is 11.3 Å². The number of benzene rings is 1. The molecular formula is C12H12N2O3S. The Morgan fingerprint density at radius 3 is 3.06 bits per heavy atom. The van der Waals surface area contributed by atoms with Gasteiger partial charge in [0, 0.05) is 23.3 Å². The van der Waals surface area contributed by atoms with Crippen LogP contribution in [0, 0.1) is 0 Å². The lowest BCUT2D eigenvalue weighted by Gasteiger charge is -2.06. The number of esters is 1. The van der Waals surface area contributed by atoms with E-state index in [9.17, 15) is 4.79 Å². The fraction of sp³-hybridized carbons (Fsp3) is 0.167. The largest absolute Gasteiger partial charge is 0.482 e. The van der Waals surface area contributed by atoms with E-state index in [0.29, 0.717) is 11.4 Å². The quantitative estimate of drug-likeness (QED) is 0.659. The second-order valence-corrected chi connectivity index (χ2v) is 4.43. The third-order valence-corrected chi connectivity index (χ3v) is 2.81. The molecule has 0 aliphatic rings.